The van der Waals surface area contributed by atoms with E-state index < -0.39 is 0 Å². The van der Waals surface area contributed by atoms with Gasteiger partial charge in [0.25, 0.3) is 0 Å². The van der Waals surface area contributed by atoms with Crippen molar-refractivity contribution >= 4 is 15.7 Å². The molecule has 0 atom stereocenters. The van der Waals surface area contributed by atoms with Gasteiger partial charge in [-0.25, -0.2) is 0 Å². The molecule has 0 aliphatic heterocycles. The molecule has 0 amide bonds. The van der Waals surface area contributed by atoms with Crippen LogP contribution in [0.2, 0.25) is 0 Å². The van der Waals surface area contributed by atoms with Crippen LogP contribution in [-0.2, 0) is 24.7 Å². The van der Waals surface area contributed by atoms with Crippen LogP contribution in [0.15, 0.2) is 30.3 Å². The van der Waals surface area contributed by atoms with Crippen molar-refractivity contribution in [1.29, 1.82) is 0 Å². The normalized spacial score (nSPS) is 7.38. The Morgan fingerprint density at radius 3 is 1.75 bits per heavy atom. The molecule has 0 aliphatic carbocycles. The zero-order chi connectivity index (χ0) is 5.11. The Morgan fingerprint density at radius 1 is 1.00 bits per heavy atom. The molecule has 0 heterocycles. The summed E-state index contributed by atoms with van der Waals surface area (Å²) in [4.78, 5) is 0. The second-order valence-electron chi connectivity index (χ2n) is 1.37. The molecule has 1 aromatic rings. The third-order valence-corrected chi connectivity index (χ3v) is 1.59. The van der Waals surface area contributed by atoms with Crippen molar-refractivity contribution in [3.8, 4) is 0 Å². The summed E-state index contributed by atoms with van der Waals surface area (Å²) < 4.78 is 1.41. The summed E-state index contributed by atoms with van der Waals surface area (Å²) in [5.74, 6) is 0. The molecule has 0 saturated carbocycles. The second-order valence-corrected chi connectivity index (χ2v) is 2.79. The first-order chi connectivity index (χ1) is 3.39. The number of halogens is 1. The van der Waals surface area contributed by atoms with Crippen LogP contribution in [0.4, 0.5) is 0 Å². The van der Waals surface area contributed by atoms with Crippen molar-refractivity contribution in [2.24, 2.45) is 0 Å². The number of hydrogen-bond donors (Lipinski definition) is 0. The standard InChI is InChI=1S/C6H5.ClH.Zr/c1-2-4-6-5-3-1;;/h1-5H;1H;. The van der Waals surface area contributed by atoms with Crippen molar-refractivity contribution in [1.82, 2.24) is 0 Å². The van der Waals surface area contributed by atoms with E-state index in [-0.39, 0.29) is 12.4 Å². The van der Waals surface area contributed by atoms with Crippen LogP contribution in [0.25, 0.3) is 0 Å². The maximum atomic E-state index is 2.12. The van der Waals surface area contributed by atoms with Gasteiger partial charge in [-0.1, -0.05) is 0 Å². The van der Waals surface area contributed by atoms with E-state index in [0.29, 0.717) is 0 Å². The summed E-state index contributed by atoms with van der Waals surface area (Å²) in [5, 5.41) is 0. The molecular weight excluding hydrogens is 199 g/mol. The van der Waals surface area contributed by atoms with Crippen LogP contribution < -0.4 is 3.27 Å². The average molecular weight is 205 g/mol. The van der Waals surface area contributed by atoms with Gasteiger partial charge in [0.05, 0.1) is 0 Å². The molecule has 2 heteroatoms. The Hall–Kier alpha value is 0.393. The first kappa shape index (κ1) is 8.39. The predicted octanol–water partition coefficient (Wildman–Crippen LogP) is 1.28. The van der Waals surface area contributed by atoms with Crippen molar-refractivity contribution in [2.45, 2.75) is 0 Å². The van der Waals surface area contributed by atoms with Crippen LogP contribution in [0.3, 0.4) is 0 Å². The fourth-order valence-electron chi connectivity index (χ4n) is 0.438. The molecule has 8 heavy (non-hydrogen) atoms. The minimum atomic E-state index is 0. The van der Waals surface area contributed by atoms with E-state index in [1.807, 2.05) is 6.07 Å². The van der Waals surface area contributed by atoms with Gasteiger partial charge in [0.2, 0.25) is 0 Å². The minimum absolute atomic E-state index is 0. The molecule has 0 bridgehead atoms. The van der Waals surface area contributed by atoms with E-state index in [1.165, 1.54) is 28.0 Å². The molecule has 0 N–H and O–H groups in total. The molecular formula is C6H6ClZr. The number of rotatable bonds is 0. The van der Waals surface area contributed by atoms with E-state index in [0.717, 1.165) is 0 Å². The summed E-state index contributed by atoms with van der Waals surface area (Å²) in [5.41, 5.74) is 0. The Balaban J connectivity index is 0.000000490. The van der Waals surface area contributed by atoms with Gasteiger partial charge in [0.1, 0.15) is 0 Å². The summed E-state index contributed by atoms with van der Waals surface area (Å²) in [7, 11) is 0. The molecule has 0 aromatic heterocycles. The molecule has 41 valence electrons. The number of hydrogen-bond acceptors (Lipinski definition) is 0. The van der Waals surface area contributed by atoms with Gasteiger partial charge in [-0.2, -0.15) is 0 Å². The molecule has 0 saturated heterocycles. The van der Waals surface area contributed by atoms with E-state index in [4.69, 9.17) is 0 Å². The van der Waals surface area contributed by atoms with E-state index in [9.17, 15) is 0 Å². The first-order valence-corrected chi connectivity index (χ1v) is 3.39. The Bertz CT molecular complexity index is 138. The van der Waals surface area contributed by atoms with Gasteiger partial charge in [0.15, 0.2) is 0 Å². The summed E-state index contributed by atoms with van der Waals surface area (Å²) in [6, 6.07) is 10.4. The third kappa shape index (κ3) is 2.64. The van der Waals surface area contributed by atoms with Crippen molar-refractivity contribution < 1.29 is 24.7 Å². The third-order valence-electron chi connectivity index (χ3n) is 0.774. The second kappa shape index (κ2) is 4.29. The summed E-state index contributed by atoms with van der Waals surface area (Å²) >= 11 is 1.49. The molecule has 0 nitrogen and oxygen atoms in total. The van der Waals surface area contributed by atoms with Crippen LogP contribution in [-0.4, -0.2) is 0 Å². The van der Waals surface area contributed by atoms with E-state index >= 15 is 0 Å². The molecule has 0 fully saturated rings. The van der Waals surface area contributed by atoms with Gasteiger partial charge in [0, 0.05) is 0 Å². The number of benzene rings is 1. The van der Waals surface area contributed by atoms with Crippen molar-refractivity contribution in [2.75, 3.05) is 0 Å². The van der Waals surface area contributed by atoms with E-state index in [2.05, 4.69) is 24.3 Å². The SMILES string of the molecule is Cl.[Zr][c]1ccccc1. The zero-order valence-electron chi connectivity index (χ0n) is 4.29. The Morgan fingerprint density at radius 2 is 1.50 bits per heavy atom. The Kier molecular flexibility index (Phi) is 4.50. The van der Waals surface area contributed by atoms with Gasteiger partial charge >= 0.3 is 58.3 Å². The van der Waals surface area contributed by atoms with Gasteiger partial charge in [-0.15, -0.1) is 12.4 Å². The quantitative estimate of drug-likeness (QED) is 0.598. The van der Waals surface area contributed by atoms with Gasteiger partial charge in [-0.3, -0.25) is 0 Å². The molecule has 1 rings (SSSR count). The predicted molar refractivity (Wildman–Crippen MR) is 33.3 cm³/mol. The zero-order valence-corrected chi connectivity index (χ0v) is 7.57. The van der Waals surface area contributed by atoms with E-state index in [1.54, 1.807) is 0 Å². The monoisotopic (exact) mass is 203 g/mol. The van der Waals surface area contributed by atoms with Crippen LogP contribution >= 0.6 is 12.4 Å². The van der Waals surface area contributed by atoms with Crippen LogP contribution in [0, 0.1) is 0 Å². The first-order valence-electron chi connectivity index (χ1n) is 2.16. The van der Waals surface area contributed by atoms with Crippen LogP contribution in [0.5, 0.6) is 0 Å². The topological polar surface area (TPSA) is 0 Å². The molecule has 0 aliphatic rings. The fraction of sp³-hybridized carbons (Fsp3) is 0. The molecule has 0 spiro atoms. The Labute approximate surface area is 70.6 Å². The van der Waals surface area contributed by atoms with Gasteiger partial charge < -0.3 is 0 Å². The summed E-state index contributed by atoms with van der Waals surface area (Å²) in [6.07, 6.45) is 0. The maximum absolute atomic E-state index is 2.12. The molecule has 0 unspecified atom stereocenters. The average Bonchev–Trinajstić information content (AvgIpc) is 1.69. The van der Waals surface area contributed by atoms with Crippen LogP contribution in [0.1, 0.15) is 0 Å². The van der Waals surface area contributed by atoms with Crippen molar-refractivity contribution in [3.05, 3.63) is 30.3 Å². The molecule has 1 aromatic carbocycles. The molecule has 0 radical (unpaired) electrons. The summed E-state index contributed by atoms with van der Waals surface area (Å²) in [6.45, 7) is 0. The fourth-order valence-corrected chi connectivity index (χ4v) is 0.911. The van der Waals surface area contributed by atoms with Crippen molar-refractivity contribution in [3.63, 3.8) is 0 Å². The van der Waals surface area contributed by atoms with Gasteiger partial charge in [-0.05, 0) is 0 Å².